The second-order valence-corrected chi connectivity index (χ2v) is 7.09. The van der Waals surface area contributed by atoms with Crippen LogP contribution in [-0.2, 0) is 9.59 Å². The molecule has 6 nitrogen and oxygen atoms in total. The summed E-state index contributed by atoms with van der Waals surface area (Å²) in [6, 6.07) is 0.293. The zero-order valence-electron chi connectivity index (χ0n) is 13.5. The second kappa shape index (κ2) is 7.67. The van der Waals surface area contributed by atoms with Gasteiger partial charge in [0.1, 0.15) is 5.01 Å². The third-order valence-corrected chi connectivity index (χ3v) is 5.01. The highest BCUT2D eigenvalue weighted by Crippen LogP contribution is 2.22. The van der Waals surface area contributed by atoms with E-state index in [9.17, 15) is 9.59 Å². The molecule has 22 heavy (non-hydrogen) atoms. The fraction of sp³-hybridized carbons (Fsp3) is 0.733. The molecule has 1 atom stereocenters. The van der Waals surface area contributed by atoms with Crippen molar-refractivity contribution in [1.29, 1.82) is 0 Å². The van der Waals surface area contributed by atoms with E-state index in [1.54, 1.807) is 0 Å². The van der Waals surface area contributed by atoms with E-state index in [0.717, 1.165) is 24.4 Å². The first kappa shape index (κ1) is 16.9. The normalized spacial score (nSPS) is 18.5. The molecule has 1 unspecified atom stereocenters. The molecule has 0 saturated carbocycles. The molecule has 122 valence electrons. The summed E-state index contributed by atoms with van der Waals surface area (Å²) in [6.07, 6.45) is 3.75. The van der Waals surface area contributed by atoms with Crippen LogP contribution in [0.25, 0.3) is 0 Å². The van der Waals surface area contributed by atoms with Crippen molar-refractivity contribution < 1.29 is 9.59 Å². The van der Waals surface area contributed by atoms with Gasteiger partial charge >= 0.3 is 0 Å². The summed E-state index contributed by atoms with van der Waals surface area (Å²) in [4.78, 5) is 26.0. The number of hydrogen-bond donors (Lipinski definition) is 1. The standard InChI is InChI=1S/C15H24N4O2S/c1-10(2)14-17-18-15(22-14)16-12(20)7-8-13(21)19-9-5-4-6-11(19)3/h10-11H,4-9H2,1-3H3,(H,16,18,20). The van der Waals surface area contributed by atoms with E-state index in [1.807, 2.05) is 18.7 Å². The molecule has 0 aromatic carbocycles. The van der Waals surface area contributed by atoms with Gasteiger partial charge in [-0.2, -0.15) is 0 Å². The Morgan fingerprint density at radius 2 is 2.09 bits per heavy atom. The molecule has 1 aromatic heterocycles. The van der Waals surface area contributed by atoms with Crippen LogP contribution in [0.1, 0.15) is 63.8 Å². The summed E-state index contributed by atoms with van der Waals surface area (Å²) in [5.41, 5.74) is 0. The highest BCUT2D eigenvalue weighted by molar-refractivity contribution is 7.15. The van der Waals surface area contributed by atoms with Gasteiger partial charge in [-0.15, -0.1) is 10.2 Å². The summed E-state index contributed by atoms with van der Waals surface area (Å²) in [5, 5.41) is 12.1. The number of amides is 2. The lowest BCUT2D eigenvalue weighted by atomic mass is 10.0. The van der Waals surface area contributed by atoms with Crippen molar-refractivity contribution in [2.75, 3.05) is 11.9 Å². The number of carbonyl (C=O) groups is 2. The molecule has 2 amide bonds. The van der Waals surface area contributed by atoms with Crippen molar-refractivity contribution in [2.24, 2.45) is 0 Å². The minimum absolute atomic E-state index is 0.0717. The first-order valence-corrected chi connectivity index (χ1v) is 8.71. The van der Waals surface area contributed by atoms with Gasteiger partial charge in [0.15, 0.2) is 0 Å². The SMILES string of the molecule is CC(C)c1nnc(NC(=O)CCC(=O)N2CCCCC2C)s1. The average Bonchev–Trinajstić information content (AvgIpc) is 2.94. The van der Waals surface area contributed by atoms with Crippen LogP contribution >= 0.6 is 11.3 Å². The first-order chi connectivity index (χ1) is 10.5. The molecule has 7 heteroatoms. The van der Waals surface area contributed by atoms with Crippen LogP contribution in [0.15, 0.2) is 0 Å². The van der Waals surface area contributed by atoms with E-state index in [-0.39, 0.29) is 24.7 Å². The lowest BCUT2D eigenvalue weighted by Crippen LogP contribution is -2.42. The number of nitrogens with zero attached hydrogens (tertiary/aromatic N) is 3. The third kappa shape index (κ3) is 4.50. The van der Waals surface area contributed by atoms with Gasteiger partial charge in [-0.25, -0.2) is 0 Å². The Labute approximate surface area is 135 Å². The molecule has 1 saturated heterocycles. The number of likely N-dealkylation sites (tertiary alicyclic amines) is 1. The highest BCUT2D eigenvalue weighted by atomic mass is 32.1. The summed E-state index contributed by atoms with van der Waals surface area (Å²) in [6.45, 7) is 6.96. The molecule has 2 rings (SSSR count). The van der Waals surface area contributed by atoms with E-state index < -0.39 is 0 Å². The van der Waals surface area contributed by atoms with Crippen molar-refractivity contribution in [3.63, 3.8) is 0 Å². The van der Waals surface area contributed by atoms with E-state index in [1.165, 1.54) is 17.8 Å². The van der Waals surface area contributed by atoms with Crippen molar-refractivity contribution in [2.45, 2.75) is 64.8 Å². The molecule has 0 bridgehead atoms. The zero-order chi connectivity index (χ0) is 16.1. The van der Waals surface area contributed by atoms with Crippen molar-refractivity contribution >= 4 is 28.3 Å². The summed E-state index contributed by atoms with van der Waals surface area (Å²) < 4.78 is 0. The van der Waals surface area contributed by atoms with Gasteiger partial charge in [-0.05, 0) is 26.2 Å². The maximum Gasteiger partial charge on any atom is 0.226 e. The monoisotopic (exact) mass is 324 g/mol. The summed E-state index contributed by atoms with van der Waals surface area (Å²) in [7, 11) is 0. The molecular formula is C15H24N4O2S. The molecule has 1 aromatic rings. The molecular weight excluding hydrogens is 300 g/mol. The quantitative estimate of drug-likeness (QED) is 0.903. The molecule has 1 aliphatic heterocycles. The minimum atomic E-state index is -0.176. The predicted octanol–water partition coefficient (Wildman–Crippen LogP) is 2.78. The highest BCUT2D eigenvalue weighted by Gasteiger charge is 2.23. The number of rotatable bonds is 5. The molecule has 2 heterocycles. The Hall–Kier alpha value is -1.50. The Morgan fingerprint density at radius 1 is 1.32 bits per heavy atom. The first-order valence-electron chi connectivity index (χ1n) is 7.90. The maximum absolute atomic E-state index is 12.2. The number of carbonyl (C=O) groups excluding carboxylic acids is 2. The number of anilines is 1. The van der Waals surface area contributed by atoms with E-state index in [4.69, 9.17) is 0 Å². The van der Waals surface area contributed by atoms with Crippen LogP contribution in [0.3, 0.4) is 0 Å². The largest absolute Gasteiger partial charge is 0.340 e. The zero-order valence-corrected chi connectivity index (χ0v) is 14.3. The molecule has 1 fully saturated rings. The fourth-order valence-electron chi connectivity index (χ4n) is 2.53. The number of nitrogens with one attached hydrogen (secondary N) is 1. The van der Waals surface area contributed by atoms with Crippen molar-refractivity contribution in [3.05, 3.63) is 5.01 Å². The average molecular weight is 324 g/mol. The van der Waals surface area contributed by atoms with Gasteiger partial charge in [0.25, 0.3) is 0 Å². The summed E-state index contributed by atoms with van der Waals surface area (Å²) >= 11 is 1.38. The van der Waals surface area contributed by atoms with E-state index >= 15 is 0 Å². The van der Waals surface area contributed by atoms with Crippen molar-refractivity contribution in [1.82, 2.24) is 15.1 Å². The van der Waals surface area contributed by atoms with Crippen LogP contribution in [-0.4, -0.2) is 39.5 Å². The Bertz CT molecular complexity index is 529. The lowest BCUT2D eigenvalue weighted by molar-refractivity contribution is -0.135. The summed E-state index contributed by atoms with van der Waals surface area (Å²) in [5.74, 6) is 0.192. The molecule has 0 radical (unpaired) electrons. The molecule has 1 N–H and O–H groups in total. The molecule has 0 spiro atoms. The van der Waals surface area contributed by atoms with Crippen LogP contribution in [0.2, 0.25) is 0 Å². The fourth-order valence-corrected chi connectivity index (χ4v) is 3.29. The van der Waals surface area contributed by atoms with Gasteiger partial charge in [0.05, 0.1) is 0 Å². The number of hydrogen-bond acceptors (Lipinski definition) is 5. The number of piperidine rings is 1. The topological polar surface area (TPSA) is 75.2 Å². The van der Waals surface area contributed by atoms with Gasteiger partial charge in [-0.3, -0.25) is 9.59 Å². The Morgan fingerprint density at radius 3 is 2.73 bits per heavy atom. The van der Waals surface area contributed by atoms with Crippen molar-refractivity contribution in [3.8, 4) is 0 Å². The van der Waals surface area contributed by atoms with Crippen LogP contribution in [0.4, 0.5) is 5.13 Å². The third-order valence-electron chi connectivity index (χ3n) is 3.87. The van der Waals surface area contributed by atoms with Crippen LogP contribution in [0, 0.1) is 0 Å². The minimum Gasteiger partial charge on any atom is -0.340 e. The maximum atomic E-state index is 12.2. The Kier molecular flexibility index (Phi) is 5.88. The van der Waals surface area contributed by atoms with E-state index in [2.05, 4.69) is 22.4 Å². The predicted molar refractivity (Wildman–Crippen MR) is 86.9 cm³/mol. The molecule has 0 aliphatic carbocycles. The Balaban J connectivity index is 1.78. The van der Waals surface area contributed by atoms with E-state index in [0.29, 0.717) is 17.1 Å². The smallest absolute Gasteiger partial charge is 0.226 e. The van der Waals surface area contributed by atoms with Gasteiger partial charge in [-0.1, -0.05) is 25.2 Å². The second-order valence-electron chi connectivity index (χ2n) is 6.08. The van der Waals surface area contributed by atoms with Gasteiger partial charge < -0.3 is 10.2 Å². The van der Waals surface area contributed by atoms with Gasteiger partial charge in [0, 0.05) is 31.3 Å². The van der Waals surface area contributed by atoms with Crippen LogP contribution in [0.5, 0.6) is 0 Å². The van der Waals surface area contributed by atoms with Gasteiger partial charge in [0.2, 0.25) is 16.9 Å². The molecule has 1 aliphatic rings. The lowest BCUT2D eigenvalue weighted by Gasteiger charge is -2.33. The van der Waals surface area contributed by atoms with Crippen LogP contribution < -0.4 is 5.32 Å². The number of aromatic nitrogens is 2.